The average molecular weight is 290 g/mol. The summed E-state index contributed by atoms with van der Waals surface area (Å²) < 4.78 is 0. The molecule has 5 heteroatoms. The highest BCUT2D eigenvalue weighted by Gasteiger charge is 2.47. The minimum atomic E-state index is -1.09. The van der Waals surface area contributed by atoms with Crippen molar-refractivity contribution in [2.75, 3.05) is 5.33 Å². The smallest absolute Gasteiger partial charge is 0.405 e. The number of Topliss-reactive ketones (excluding diaryl/α,β-unsaturated/α-hetero) is 1. The second kappa shape index (κ2) is 4.73. The number of carbonyl (C=O) groups is 2. The lowest BCUT2D eigenvalue weighted by atomic mass is 9.87. The van der Waals surface area contributed by atoms with Crippen LogP contribution in [-0.4, -0.2) is 28.4 Å². The molecule has 16 heavy (non-hydrogen) atoms. The summed E-state index contributed by atoms with van der Waals surface area (Å²) in [7, 11) is 0. The first-order chi connectivity index (χ1) is 7.63. The van der Waals surface area contributed by atoms with Gasteiger partial charge in [0.1, 0.15) is 0 Å². The van der Waals surface area contributed by atoms with Crippen LogP contribution in [0.5, 0.6) is 0 Å². The number of ketones is 1. The molecule has 0 saturated heterocycles. The van der Waals surface area contributed by atoms with E-state index in [0.717, 1.165) is 25.7 Å². The van der Waals surface area contributed by atoms with E-state index in [-0.39, 0.29) is 17.0 Å². The zero-order valence-electron chi connectivity index (χ0n) is 8.99. The van der Waals surface area contributed by atoms with E-state index < -0.39 is 12.1 Å². The number of halogens is 1. The zero-order chi connectivity index (χ0) is 11.7. The molecule has 0 unspecified atom stereocenters. The summed E-state index contributed by atoms with van der Waals surface area (Å²) in [6.07, 6.45) is 3.50. The van der Waals surface area contributed by atoms with Gasteiger partial charge in [0.25, 0.3) is 0 Å². The summed E-state index contributed by atoms with van der Waals surface area (Å²) in [4.78, 5) is 22.5. The molecule has 2 rings (SSSR count). The molecule has 1 atom stereocenters. The topological polar surface area (TPSA) is 66.4 Å². The lowest BCUT2D eigenvalue weighted by Gasteiger charge is -2.25. The molecular formula is C11H16BrNO3. The molecule has 0 aromatic carbocycles. The van der Waals surface area contributed by atoms with Gasteiger partial charge in [-0.05, 0) is 43.4 Å². The minimum Gasteiger partial charge on any atom is -0.465 e. The van der Waals surface area contributed by atoms with Crippen LogP contribution in [0.1, 0.15) is 25.7 Å². The average Bonchev–Trinajstić information content (AvgIpc) is 3.08. The Hall–Kier alpha value is -0.580. The van der Waals surface area contributed by atoms with Crippen LogP contribution in [0.2, 0.25) is 0 Å². The molecule has 0 radical (unpaired) electrons. The Kier molecular flexibility index (Phi) is 3.52. The molecule has 2 aliphatic rings. The summed E-state index contributed by atoms with van der Waals surface area (Å²) in [5, 5.41) is 11.4. The molecule has 0 aromatic rings. The highest BCUT2D eigenvalue weighted by molar-refractivity contribution is 9.09. The van der Waals surface area contributed by atoms with Crippen molar-refractivity contribution in [3.8, 4) is 0 Å². The molecule has 2 fully saturated rings. The zero-order valence-corrected chi connectivity index (χ0v) is 10.6. The summed E-state index contributed by atoms with van der Waals surface area (Å²) in [5.41, 5.74) is 0. The van der Waals surface area contributed by atoms with Crippen molar-refractivity contribution in [3.05, 3.63) is 0 Å². The quantitative estimate of drug-likeness (QED) is 0.735. The summed E-state index contributed by atoms with van der Waals surface area (Å²) >= 11 is 3.13. The predicted molar refractivity (Wildman–Crippen MR) is 62.7 cm³/mol. The monoisotopic (exact) mass is 289 g/mol. The van der Waals surface area contributed by atoms with E-state index in [1.54, 1.807) is 0 Å². The van der Waals surface area contributed by atoms with Gasteiger partial charge in [-0.15, -0.1) is 0 Å². The summed E-state index contributed by atoms with van der Waals surface area (Å²) in [5.74, 6) is 1.33. The van der Waals surface area contributed by atoms with Gasteiger partial charge >= 0.3 is 6.09 Å². The second-order valence-corrected chi connectivity index (χ2v) is 5.34. The van der Waals surface area contributed by atoms with Gasteiger partial charge in [0.2, 0.25) is 0 Å². The van der Waals surface area contributed by atoms with Crippen LogP contribution in [0, 0.1) is 17.8 Å². The van der Waals surface area contributed by atoms with Crippen molar-refractivity contribution in [2.45, 2.75) is 31.7 Å². The van der Waals surface area contributed by atoms with Gasteiger partial charge in [-0.25, -0.2) is 4.79 Å². The maximum Gasteiger partial charge on any atom is 0.405 e. The van der Waals surface area contributed by atoms with Crippen LogP contribution >= 0.6 is 15.9 Å². The van der Waals surface area contributed by atoms with E-state index in [9.17, 15) is 9.59 Å². The summed E-state index contributed by atoms with van der Waals surface area (Å²) in [6.45, 7) is 0. The molecule has 0 spiro atoms. The highest BCUT2D eigenvalue weighted by atomic mass is 79.9. The van der Waals surface area contributed by atoms with E-state index in [1.807, 2.05) is 0 Å². The number of amides is 1. The Bertz CT molecular complexity index is 288. The van der Waals surface area contributed by atoms with Crippen molar-refractivity contribution >= 4 is 27.8 Å². The summed E-state index contributed by atoms with van der Waals surface area (Å²) in [6, 6.07) is -0.503. The molecule has 0 heterocycles. The van der Waals surface area contributed by atoms with Gasteiger partial charge in [0, 0.05) is 0 Å². The number of rotatable bonds is 6. The number of alkyl halides is 1. The minimum absolute atomic E-state index is 0.0359. The molecule has 4 nitrogen and oxygen atoms in total. The third-order valence-electron chi connectivity index (χ3n) is 3.48. The Morgan fingerprint density at radius 1 is 1.25 bits per heavy atom. The first-order valence-electron chi connectivity index (χ1n) is 5.71. The molecule has 90 valence electrons. The third kappa shape index (κ3) is 2.75. The predicted octanol–water partition coefficient (Wildman–Crippen LogP) is 2.02. The molecule has 2 N–H and O–H groups in total. The largest absolute Gasteiger partial charge is 0.465 e. The molecule has 0 aromatic heterocycles. The van der Waals surface area contributed by atoms with E-state index >= 15 is 0 Å². The van der Waals surface area contributed by atoms with E-state index in [4.69, 9.17) is 5.11 Å². The van der Waals surface area contributed by atoms with Crippen molar-refractivity contribution in [1.29, 1.82) is 0 Å². The second-order valence-electron chi connectivity index (χ2n) is 4.78. The molecule has 2 saturated carbocycles. The van der Waals surface area contributed by atoms with Gasteiger partial charge in [-0.3, -0.25) is 4.79 Å². The Labute approximate surface area is 103 Å². The number of hydrogen-bond donors (Lipinski definition) is 2. The SMILES string of the molecule is O=C(O)N[C@H](C(=O)CBr)C(C1CC1)C1CC1. The fraction of sp³-hybridized carbons (Fsp3) is 0.818. The standard InChI is InChI=1S/C11H16BrNO3/c12-5-8(14)10(13-11(15)16)9(6-1-2-6)7-3-4-7/h6-7,9-10,13H,1-5H2,(H,15,16)/t10-/m1/s1. The first-order valence-corrected chi connectivity index (χ1v) is 6.83. The lowest BCUT2D eigenvalue weighted by molar-refractivity contribution is -0.120. The Balaban J connectivity index is 2.07. The number of carbonyl (C=O) groups excluding carboxylic acids is 1. The number of carboxylic acid groups (broad SMARTS) is 1. The van der Waals surface area contributed by atoms with E-state index in [2.05, 4.69) is 21.2 Å². The van der Waals surface area contributed by atoms with Gasteiger partial charge in [0.05, 0.1) is 11.4 Å². The molecule has 1 amide bonds. The van der Waals surface area contributed by atoms with E-state index in [1.165, 1.54) is 0 Å². The maximum absolute atomic E-state index is 11.8. The van der Waals surface area contributed by atoms with Crippen LogP contribution < -0.4 is 5.32 Å². The van der Waals surface area contributed by atoms with Gasteiger partial charge < -0.3 is 10.4 Å². The van der Waals surface area contributed by atoms with Gasteiger partial charge in [0.15, 0.2) is 5.78 Å². The fourth-order valence-electron chi connectivity index (χ4n) is 2.50. The fourth-order valence-corrected chi connectivity index (χ4v) is 2.85. The Morgan fingerprint density at radius 3 is 2.06 bits per heavy atom. The molecular weight excluding hydrogens is 274 g/mol. The van der Waals surface area contributed by atoms with Crippen LogP contribution in [0.4, 0.5) is 4.79 Å². The van der Waals surface area contributed by atoms with Crippen molar-refractivity contribution in [3.63, 3.8) is 0 Å². The van der Waals surface area contributed by atoms with Crippen LogP contribution in [0.3, 0.4) is 0 Å². The maximum atomic E-state index is 11.8. The van der Waals surface area contributed by atoms with Crippen molar-refractivity contribution < 1.29 is 14.7 Å². The van der Waals surface area contributed by atoms with Gasteiger partial charge in [-0.2, -0.15) is 0 Å². The molecule has 0 aliphatic heterocycles. The number of hydrogen-bond acceptors (Lipinski definition) is 2. The first kappa shape index (κ1) is 11.9. The van der Waals surface area contributed by atoms with Crippen LogP contribution in [0.15, 0.2) is 0 Å². The molecule has 0 bridgehead atoms. The lowest BCUT2D eigenvalue weighted by Crippen LogP contribution is -2.47. The molecule has 2 aliphatic carbocycles. The number of nitrogens with one attached hydrogen (secondary N) is 1. The van der Waals surface area contributed by atoms with E-state index in [0.29, 0.717) is 11.8 Å². The van der Waals surface area contributed by atoms with Crippen LogP contribution in [0.25, 0.3) is 0 Å². The highest BCUT2D eigenvalue weighted by Crippen LogP contribution is 2.50. The van der Waals surface area contributed by atoms with Crippen LogP contribution in [-0.2, 0) is 4.79 Å². The van der Waals surface area contributed by atoms with Crippen molar-refractivity contribution in [1.82, 2.24) is 5.32 Å². The normalized spacial score (nSPS) is 21.9. The third-order valence-corrected chi connectivity index (χ3v) is 4.03. The van der Waals surface area contributed by atoms with Crippen molar-refractivity contribution in [2.24, 2.45) is 17.8 Å². The van der Waals surface area contributed by atoms with Gasteiger partial charge in [-0.1, -0.05) is 15.9 Å². The Morgan fingerprint density at radius 2 is 1.75 bits per heavy atom.